The topological polar surface area (TPSA) is 50.4 Å². The lowest BCUT2D eigenvalue weighted by Gasteiger charge is -2.03. The Labute approximate surface area is 128 Å². The fourth-order valence-electron chi connectivity index (χ4n) is 2.45. The minimum Gasteiger partial charge on any atom is -0.390 e. The maximum atomic E-state index is 9.58. The monoisotopic (exact) mass is 301 g/mol. The van der Waals surface area contributed by atoms with Gasteiger partial charge in [0.25, 0.3) is 0 Å². The second-order valence-electron chi connectivity index (χ2n) is 5.43. The zero-order valence-electron chi connectivity index (χ0n) is 12.3. The fraction of sp³-hybridized carbons (Fsp3) is 0.375. The van der Waals surface area contributed by atoms with Crippen LogP contribution in [0.3, 0.4) is 0 Å². The number of benzene rings is 1. The highest BCUT2D eigenvalue weighted by molar-refractivity contribution is 7.16. The Balaban J connectivity index is 1.83. The van der Waals surface area contributed by atoms with Crippen molar-refractivity contribution in [3.8, 4) is 0 Å². The Hall–Kier alpha value is -1.72. The number of hydrogen-bond donors (Lipinski definition) is 1. The van der Waals surface area contributed by atoms with E-state index in [0.29, 0.717) is 5.92 Å². The molecule has 1 N–H and O–H groups in total. The maximum Gasteiger partial charge on any atom is 0.212 e. The van der Waals surface area contributed by atoms with Gasteiger partial charge in [-0.25, -0.2) is 9.50 Å². The molecular weight excluding hydrogens is 282 g/mol. The summed E-state index contributed by atoms with van der Waals surface area (Å²) in [5, 5.41) is 15.3. The molecule has 0 amide bonds. The van der Waals surface area contributed by atoms with Crippen LogP contribution < -0.4 is 0 Å². The molecule has 2 aromatic heterocycles. The van der Waals surface area contributed by atoms with Crippen LogP contribution in [0, 0.1) is 0 Å². The van der Waals surface area contributed by atoms with E-state index in [2.05, 4.69) is 48.2 Å². The molecule has 0 fully saturated rings. The number of aromatic nitrogens is 3. The van der Waals surface area contributed by atoms with Crippen LogP contribution >= 0.6 is 11.3 Å². The summed E-state index contributed by atoms with van der Waals surface area (Å²) < 4.78 is 1.81. The molecule has 0 bridgehead atoms. The van der Waals surface area contributed by atoms with Gasteiger partial charge >= 0.3 is 0 Å². The molecule has 3 aromatic rings. The first-order valence-electron chi connectivity index (χ1n) is 7.21. The van der Waals surface area contributed by atoms with E-state index < -0.39 is 0 Å². The van der Waals surface area contributed by atoms with Crippen LogP contribution in [0.15, 0.2) is 30.3 Å². The Bertz CT molecular complexity index is 731. The standard InChI is InChI=1S/C16H19N3OS/c1-11(2)15-13(10-20)19-16(17-15)21-14(18-19)9-8-12-6-4-3-5-7-12/h3-7,11,20H,8-10H2,1-2H3. The molecule has 110 valence electrons. The van der Waals surface area contributed by atoms with Gasteiger partial charge in [0.2, 0.25) is 4.96 Å². The second-order valence-corrected chi connectivity index (χ2v) is 6.47. The molecule has 5 heteroatoms. The molecule has 0 aliphatic heterocycles. The molecule has 0 spiro atoms. The quantitative estimate of drug-likeness (QED) is 0.787. The number of imidazole rings is 1. The van der Waals surface area contributed by atoms with E-state index in [0.717, 1.165) is 34.2 Å². The molecule has 4 nitrogen and oxygen atoms in total. The normalized spacial score (nSPS) is 11.6. The van der Waals surface area contributed by atoms with Gasteiger partial charge in [-0.3, -0.25) is 0 Å². The molecule has 0 aliphatic rings. The molecule has 0 saturated heterocycles. The minimum atomic E-state index is -0.0173. The smallest absolute Gasteiger partial charge is 0.212 e. The zero-order chi connectivity index (χ0) is 14.8. The van der Waals surface area contributed by atoms with Gasteiger partial charge in [0.05, 0.1) is 18.0 Å². The van der Waals surface area contributed by atoms with Crippen molar-refractivity contribution in [1.29, 1.82) is 0 Å². The Morgan fingerprint density at radius 1 is 1.19 bits per heavy atom. The zero-order valence-corrected chi connectivity index (χ0v) is 13.1. The largest absolute Gasteiger partial charge is 0.390 e. The molecule has 3 rings (SSSR count). The van der Waals surface area contributed by atoms with Gasteiger partial charge in [-0.05, 0) is 17.9 Å². The van der Waals surface area contributed by atoms with Crippen LogP contribution in [0.5, 0.6) is 0 Å². The summed E-state index contributed by atoms with van der Waals surface area (Å²) in [5.41, 5.74) is 3.09. The van der Waals surface area contributed by atoms with Crippen LogP contribution in [-0.2, 0) is 19.4 Å². The van der Waals surface area contributed by atoms with Crippen LogP contribution in [0.2, 0.25) is 0 Å². The lowest BCUT2D eigenvalue weighted by molar-refractivity contribution is 0.272. The van der Waals surface area contributed by atoms with E-state index in [1.807, 2.05) is 6.07 Å². The molecular formula is C16H19N3OS. The summed E-state index contributed by atoms with van der Waals surface area (Å²) in [6.07, 6.45) is 1.88. The fourth-order valence-corrected chi connectivity index (χ4v) is 3.37. The van der Waals surface area contributed by atoms with Crippen molar-refractivity contribution in [2.24, 2.45) is 0 Å². The highest BCUT2D eigenvalue weighted by Crippen LogP contribution is 2.24. The van der Waals surface area contributed by atoms with Gasteiger partial charge in [0.1, 0.15) is 5.01 Å². The summed E-state index contributed by atoms with van der Waals surface area (Å²) in [6, 6.07) is 10.4. The third-order valence-corrected chi connectivity index (χ3v) is 4.50. The summed E-state index contributed by atoms with van der Waals surface area (Å²) in [4.78, 5) is 5.50. The third-order valence-electron chi connectivity index (χ3n) is 3.54. The molecule has 2 heterocycles. The van der Waals surface area contributed by atoms with E-state index in [1.54, 1.807) is 15.9 Å². The molecule has 0 saturated carbocycles. The summed E-state index contributed by atoms with van der Waals surface area (Å²) in [6.45, 7) is 4.15. The van der Waals surface area contributed by atoms with Crippen molar-refractivity contribution >= 4 is 16.3 Å². The number of aliphatic hydroxyl groups excluding tert-OH is 1. The molecule has 0 unspecified atom stereocenters. The van der Waals surface area contributed by atoms with Gasteiger partial charge in [0, 0.05) is 6.42 Å². The summed E-state index contributed by atoms with van der Waals surface area (Å²) in [7, 11) is 0. The molecule has 0 radical (unpaired) electrons. The summed E-state index contributed by atoms with van der Waals surface area (Å²) >= 11 is 1.61. The van der Waals surface area contributed by atoms with E-state index in [1.165, 1.54) is 5.56 Å². The average Bonchev–Trinajstić information content (AvgIpc) is 3.03. The second kappa shape index (κ2) is 5.95. The van der Waals surface area contributed by atoms with Crippen LogP contribution in [0.25, 0.3) is 4.96 Å². The lowest BCUT2D eigenvalue weighted by atomic mass is 10.1. The Morgan fingerprint density at radius 2 is 1.95 bits per heavy atom. The Kier molecular flexibility index (Phi) is 4.03. The third kappa shape index (κ3) is 2.84. The minimum absolute atomic E-state index is 0.0173. The summed E-state index contributed by atoms with van der Waals surface area (Å²) in [5.74, 6) is 0.300. The molecule has 0 atom stereocenters. The van der Waals surface area contributed by atoms with Gasteiger partial charge in [-0.15, -0.1) is 0 Å². The van der Waals surface area contributed by atoms with Crippen molar-refractivity contribution in [3.63, 3.8) is 0 Å². The molecule has 1 aromatic carbocycles. The SMILES string of the molecule is CC(C)c1nc2sc(CCc3ccccc3)nn2c1CO. The molecule has 21 heavy (non-hydrogen) atoms. The highest BCUT2D eigenvalue weighted by Gasteiger charge is 2.17. The van der Waals surface area contributed by atoms with Crippen LogP contribution in [0.1, 0.15) is 41.7 Å². The number of hydrogen-bond acceptors (Lipinski definition) is 4. The number of nitrogens with zero attached hydrogens (tertiary/aromatic N) is 3. The van der Waals surface area contributed by atoms with Crippen molar-refractivity contribution in [2.45, 2.75) is 39.2 Å². The average molecular weight is 301 g/mol. The van der Waals surface area contributed by atoms with Gasteiger partial charge in [-0.2, -0.15) is 5.10 Å². The van der Waals surface area contributed by atoms with Crippen molar-refractivity contribution < 1.29 is 5.11 Å². The van der Waals surface area contributed by atoms with Crippen molar-refractivity contribution in [3.05, 3.63) is 52.3 Å². The molecule has 0 aliphatic carbocycles. The van der Waals surface area contributed by atoms with Gasteiger partial charge < -0.3 is 5.11 Å². The number of aliphatic hydroxyl groups is 1. The van der Waals surface area contributed by atoms with Crippen LogP contribution in [-0.4, -0.2) is 19.7 Å². The van der Waals surface area contributed by atoms with E-state index in [4.69, 9.17) is 0 Å². The highest BCUT2D eigenvalue weighted by atomic mass is 32.1. The van der Waals surface area contributed by atoms with Crippen molar-refractivity contribution in [1.82, 2.24) is 14.6 Å². The lowest BCUT2D eigenvalue weighted by Crippen LogP contribution is -2.00. The van der Waals surface area contributed by atoms with E-state index >= 15 is 0 Å². The maximum absolute atomic E-state index is 9.58. The number of fused-ring (bicyclic) bond motifs is 1. The number of rotatable bonds is 5. The first kappa shape index (κ1) is 14.2. The predicted octanol–water partition coefficient (Wildman–Crippen LogP) is 3.19. The predicted molar refractivity (Wildman–Crippen MR) is 84.7 cm³/mol. The first-order chi connectivity index (χ1) is 10.2. The van der Waals surface area contributed by atoms with Crippen molar-refractivity contribution in [2.75, 3.05) is 0 Å². The van der Waals surface area contributed by atoms with E-state index in [-0.39, 0.29) is 6.61 Å². The van der Waals surface area contributed by atoms with E-state index in [9.17, 15) is 5.11 Å². The van der Waals surface area contributed by atoms with Crippen LogP contribution in [0.4, 0.5) is 0 Å². The first-order valence-corrected chi connectivity index (χ1v) is 8.02. The Morgan fingerprint density at radius 3 is 2.62 bits per heavy atom. The number of aryl methyl sites for hydroxylation is 2. The van der Waals surface area contributed by atoms with Gasteiger partial charge in [0.15, 0.2) is 0 Å². The van der Waals surface area contributed by atoms with Gasteiger partial charge in [-0.1, -0.05) is 55.5 Å².